The Kier molecular flexibility index (Phi) is 26.6. The molecule has 0 bridgehead atoms. The van der Waals surface area contributed by atoms with E-state index in [1.54, 1.807) is 30.3 Å². The number of hydrogen-bond acceptors (Lipinski definition) is 13. The van der Waals surface area contributed by atoms with Gasteiger partial charge in [-0.15, -0.1) is 11.5 Å². The number of carboxylic acids is 1. The number of carbonyl (C=O) groups excluding carboxylic acids is 8. The molecule has 7 amide bonds. The molecule has 1 aromatic heterocycles. The smallest absolute Gasteiger partial charge is 0.326 e. The number of halogens is 1. The van der Waals surface area contributed by atoms with Crippen LogP contribution in [0.1, 0.15) is 128 Å². The minimum absolute atomic E-state index is 0.0224. The minimum atomic E-state index is -2.49. The van der Waals surface area contributed by atoms with Crippen molar-refractivity contribution in [2.24, 2.45) is 11.7 Å². The monoisotopic (exact) mass is 1040 g/mol. The van der Waals surface area contributed by atoms with E-state index in [1.807, 2.05) is 13.8 Å². The lowest BCUT2D eigenvalue weighted by Gasteiger charge is -2.26. The summed E-state index contributed by atoms with van der Waals surface area (Å²) in [6.07, 6.45) is 9.80. The number of carboxylic acid groups (broad SMARTS) is 1. The van der Waals surface area contributed by atoms with Crippen LogP contribution in [-0.2, 0) is 68.2 Å². The first kappa shape index (κ1) is 60.9. The Morgan fingerprint density at radius 2 is 1.47 bits per heavy atom. The average Bonchev–Trinajstić information content (AvgIpc) is 3.74. The number of aliphatic carboxylic acids is 1. The topological polar surface area (TPSA) is 315 Å². The summed E-state index contributed by atoms with van der Waals surface area (Å²) in [5.41, 5.74) is 4.25. The number of hydrogen-bond donors (Lipinski definition) is 9. The highest BCUT2D eigenvalue weighted by Gasteiger charge is 2.45. The molecule has 0 aliphatic heterocycles. The van der Waals surface area contributed by atoms with Crippen molar-refractivity contribution >= 4 is 64.2 Å². The molecule has 10 N–H and O–H groups in total. The van der Waals surface area contributed by atoms with Crippen molar-refractivity contribution in [1.29, 1.82) is 0 Å². The van der Waals surface area contributed by atoms with E-state index >= 15 is 4.39 Å². The normalized spacial score (nSPS) is 16.3. The molecule has 23 heteroatoms. The summed E-state index contributed by atoms with van der Waals surface area (Å²) in [5.74, 6) is -3.52. The van der Waals surface area contributed by atoms with Crippen molar-refractivity contribution in [3.8, 4) is 12.3 Å². The first-order valence-corrected chi connectivity index (χ1v) is 26.0. The van der Waals surface area contributed by atoms with E-state index < -0.39 is 83.2 Å². The van der Waals surface area contributed by atoms with Crippen molar-refractivity contribution in [3.05, 3.63) is 47.3 Å². The van der Waals surface area contributed by atoms with E-state index in [1.165, 1.54) is 18.5 Å². The number of alkyl halides is 1. The molecule has 0 saturated carbocycles. The number of benzene rings is 1. The van der Waals surface area contributed by atoms with Gasteiger partial charge in [-0.3, -0.25) is 38.4 Å². The lowest BCUT2D eigenvalue weighted by molar-refractivity contribution is -0.142. The van der Waals surface area contributed by atoms with Gasteiger partial charge in [-0.1, -0.05) is 73.5 Å². The Morgan fingerprint density at radius 1 is 0.808 bits per heavy atom. The average molecular weight is 1040 g/mol. The zero-order chi connectivity index (χ0) is 53.9. The molecule has 21 nitrogen and oxygen atoms in total. The number of nitrogens with zero attached hydrogens (tertiary/aromatic N) is 3. The maximum atomic E-state index is 16.9. The van der Waals surface area contributed by atoms with Gasteiger partial charge in [0.05, 0.1) is 18.0 Å². The zero-order valence-corrected chi connectivity index (χ0v) is 43.2. The number of amides is 7. The van der Waals surface area contributed by atoms with Crippen molar-refractivity contribution < 1.29 is 52.6 Å². The van der Waals surface area contributed by atoms with Crippen molar-refractivity contribution in [1.82, 2.24) is 52.2 Å². The van der Waals surface area contributed by atoms with Gasteiger partial charge >= 0.3 is 5.97 Å². The standard InChI is InChI=1S/C50H74FN11O10S/c1-6-26-53-45(67)36(56-42(65)31-73-34(5)63)21-13-16-27-54-49(72)50(51)24-14-8-11-22-40-43(50)60-61-62(40)28-17-23-41(64)57-38(29-32(2)3)47(69)58-37(20-12-15-25-52)46(68)55-33(4)44(66)59-39(48(70)71)30-35-18-9-7-10-19-35/h1,7,9-10,18-19,32-33,36-39H,8,11-17,20-31,52H2,2-5H3,(H,53,67)(H,54,72)(H,55,68)(H,56,65)(H,57,64)(H,58,69)(H,59,66)(H,70,71)/t33-,36-,37-,38-,39-,50?/m0/s1. The maximum Gasteiger partial charge on any atom is 0.326 e. The van der Waals surface area contributed by atoms with Crippen LogP contribution in [0.3, 0.4) is 0 Å². The van der Waals surface area contributed by atoms with Crippen LogP contribution in [-0.4, -0.2) is 128 Å². The summed E-state index contributed by atoms with van der Waals surface area (Å²) in [5, 5.41) is 36.3. The number of nitrogens with one attached hydrogen (secondary N) is 7. The van der Waals surface area contributed by atoms with Gasteiger partial charge < -0.3 is 48.1 Å². The number of thioether (sulfide) groups is 1. The second-order valence-electron chi connectivity index (χ2n) is 18.6. The van der Waals surface area contributed by atoms with Crippen molar-refractivity contribution in [2.45, 2.75) is 166 Å². The van der Waals surface area contributed by atoms with E-state index in [0.29, 0.717) is 69.2 Å². The van der Waals surface area contributed by atoms with Crippen LogP contribution in [0.15, 0.2) is 30.3 Å². The summed E-state index contributed by atoms with van der Waals surface area (Å²) in [4.78, 5) is 116. The molecule has 1 aromatic carbocycles. The van der Waals surface area contributed by atoms with E-state index in [4.69, 9.17) is 12.2 Å². The lowest BCUT2D eigenvalue weighted by atomic mass is 9.88. The zero-order valence-electron chi connectivity index (χ0n) is 42.4. The first-order chi connectivity index (χ1) is 34.8. The highest BCUT2D eigenvalue weighted by atomic mass is 32.2. The summed E-state index contributed by atoms with van der Waals surface area (Å²) in [7, 11) is 0. The number of fused-ring (bicyclic) bond motifs is 1. The molecule has 2 aromatic rings. The number of aryl methyl sites for hydroxylation is 1. The van der Waals surface area contributed by atoms with Crippen LogP contribution < -0.4 is 43.0 Å². The third-order valence-corrected chi connectivity index (χ3v) is 12.8. The Labute approximate surface area is 430 Å². The van der Waals surface area contributed by atoms with E-state index in [2.05, 4.69) is 53.5 Å². The number of rotatable bonds is 31. The number of carbonyl (C=O) groups is 9. The van der Waals surface area contributed by atoms with Crippen LogP contribution in [0.5, 0.6) is 0 Å². The predicted molar refractivity (Wildman–Crippen MR) is 272 cm³/mol. The van der Waals surface area contributed by atoms with Crippen molar-refractivity contribution in [2.75, 3.05) is 25.4 Å². The lowest BCUT2D eigenvalue weighted by Crippen LogP contribution is -2.57. The molecule has 402 valence electrons. The van der Waals surface area contributed by atoms with Crippen LogP contribution in [0.4, 0.5) is 4.39 Å². The molecule has 73 heavy (non-hydrogen) atoms. The summed E-state index contributed by atoms with van der Waals surface area (Å²) >= 11 is 0.808. The Balaban J connectivity index is 1.61. The maximum absolute atomic E-state index is 16.9. The van der Waals surface area contributed by atoms with E-state index in [-0.39, 0.29) is 87.1 Å². The Bertz CT molecular complexity index is 2230. The molecule has 0 spiro atoms. The second-order valence-corrected chi connectivity index (χ2v) is 19.7. The molecule has 0 fully saturated rings. The summed E-state index contributed by atoms with van der Waals surface area (Å²) in [6.45, 7) is 6.99. The molecule has 1 aliphatic rings. The van der Waals surface area contributed by atoms with Crippen LogP contribution in [0.25, 0.3) is 0 Å². The van der Waals surface area contributed by atoms with Gasteiger partial charge in [-0.05, 0) is 102 Å². The fourth-order valence-corrected chi connectivity index (χ4v) is 8.53. The van der Waals surface area contributed by atoms with E-state index in [9.17, 15) is 48.3 Å². The van der Waals surface area contributed by atoms with Crippen LogP contribution in [0, 0.1) is 18.3 Å². The molecule has 1 heterocycles. The van der Waals surface area contributed by atoms with Gasteiger partial charge in [0, 0.05) is 32.9 Å². The first-order valence-electron chi connectivity index (χ1n) is 25.0. The van der Waals surface area contributed by atoms with Gasteiger partial charge in [0.1, 0.15) is 35.9 Å². The summed E-state index contributed by atoms with van der Waals surface area (Å²) < 4.78 is 18.4. The number of terminal acetylenes is 1. The third-order valence-electron chi connectivity index (χ3n) is 12.0. The number of nitrogens with two attached hydrogens (primary N) is 1. The third kappa shape index (κ3) is 21.3. The highest BCUT2D eigenvalue weighted by molar-refractivity contribution is 8.14. The molecule has 6 atom stereocenters. The molecule has 0 radical (unpaired) electrons. The number of unbranched alkanes of at least 4 members (excludes halogenated alkanes) is 2. The van der Waals surface area contributed by atoms with Crippen LogP contribution >= 0.6 is 11.8 Å². The van der Waals surface area contributed by atoms with Gasteiger partial charge in [-0.2, -0.15) is 0 Å². The second kappa shape index (κ2) is 31.9. The quantitative estimate of drug-likeness (QED) is 0.0383. The molecule has 1 unspecified atom stereocenters. The number of aromatic nitrogens is 3. The van der Waals surface area contributed by atoms with Gasteiger partial charge in [0.15, 0.2) is 5.12 Å². The highest BCUT2D eigenvalue weighted by Crippen LogP contribution is 2.36. The van der Waals surface area contributed by atoms with Gasteiger partial charge in [-0.25, -0.2) is 13.9 Å². The van der Waals surface area contributed by atoms with Gasteiger partial charge in [0.25, 0.3) is 5.91 Å². The minimum Gasteiger partial charge on any atom is -0.480 e. The summed E-state index contributed by atoms with van der Waals surface area (Å²) in [6, 6.07) is 3.26. The van der Waals surface area contributed by atoms with Gasteiger partial charge in [0.2, 0.25) is 41.1 Å². The van der Waals surface area contributed by atoms with Crippen LogP contribution in [0.2, 0.25) is 0 Å². The fourth-order valence-electron chi connectivity index (χ4n) is 8.11. The largest absolute Gasteiger partial charge is 0.480 e. The Hall–Kier alpha value is -6.41. The Morgan fingerprint density at radius 3 is 2.12 bits per heavy atom. The SMILES string of the molecule is C#CCNC(=O)[C@H](CCCCNC(=O)C1(F)CCCCCc2c1nnn2CCCC(=O)N[C@@H](CC(C)C)C(=O)N[C@@H](CCCCN)C(=O)N[C@@H](C)C(=O)N[C@@H](Cc1ccccc1)C(=O)O)NC(=O)CSC(C)=O. The molecular weight excluding hydrogens is 966 g/mol. The molecule has 3 rings (SSSR count). The molecular formula is C50H74FN11O10S. The predicted octanol–water partition coefficient (Wildman–Crippen LogP) is 1.60. The molecule has 0 saturated heterocycles. The molecule has 1 aliphatic carbocycles. The fraction of sp³-hybridized carbons (Fsp3) is 0.620. The van der Waals surface area contributed by atoms with Crippen molar-refractivity contribution in [3.63, 3.8) is 0 Å². The van der Waals surface area contributed by atoms with E-state index in [0.717, 1.165) is 11.8 Å².